The van der Waals surface area contributed by atoms with Crippen molar-refractivity contribution < 1.29 is 14.3 Å². The lowest BCUT2D eigenvalue weighted by molar-refractivity contribution is 0.0737. The zero-order chi connectivity index (χ0) is 24.2. The number of aromatic nitrogens is 2. The summed E-state index contributed by atoms with van der Waals surface area (Å²) in [4.78, 5) is 18.9. The van der Waals surface area contributed by atoms with E-state index in [9.17, 15) is 4.79 Å². The van der Waals surface area contributed by atoms with Crippen LogP contribution >= 0.6 is 11.3 Å². The molecule has 1 aliphatic heterocycles. The third-order valence-electron chi connectivity index (χ3n) is 6.09. The second-order valence-corrected chi connectivity index (χ2v) is 9.13. The Morgan fingerprint density at radius 3 is 2.46 bits per heavy atom. The van der Waals surface area contributed by atoms with Gasteiger partial charge in [0.05, 0.1) is 30.0 Å². The SMILES string of the molecule is CCOc1ccccc1N1CCN(C(=O)c2cc(-c3cccs3)nn2-c2ccc(OC)cc2)CC1. The molecule has 5 rings (SSSR count). The van der Waals surface area contributed by atoms with Gasteiger partial charge >= 0.3 is 0 Å². The van der Waals surface area contributed by atoms with E-state index in [-0.39, 0.29) is 5.91 Å². The highest BCUT2D eigenvalue weighted by Crippen LogP contribution is 2.30. The molecule has 1 aliphatic rings. The molecule has 0 spiro atoms. The smallest absolute Gasteiger partial charge is 0.272 e. The number of amides is 1. The van der Waals surface area contributed by atoms with Gasteiger partial charge in [-0.15, -0.1) is 11.3 Å². The largest absolute Gasteiger partial charge is 0.497 e. The number of benzene rings is 2. The van der Waals surface area contributed by atoms with Crippen molar-refractivity contribution in [3.8, 4) is 27.8 Å². The molecule has 0 atom stereocenters. The van der Waals surface area contributed by atoms with E-state index in [1.807, 2.05) is 77.9 Å². The zero-order valence-corrected chi connectivity index (χ0v) is 20.7. The van der Waals surface area contributed by atoms with Crippen LogP contribution in [0, 0.1) is 0 Å². The molecule has 7 nitrogen and oxygen atoms in total. The minimum Gasteiger partial charge on any atom is -0.497 e. The van der Waals surface area contributed by atoms with Gasteiger partial charge in [0.25, 0.3) is 5.91 Å². The minimum absolute atomic E-state index is 0.0196. The Morgan fingerprint density at radius 2 is 1.77 bits per heavy atom. The summed E-state index contributed by atoms with van der Waals surface area (Å²) in [7, 11) is 1.64. The molecule has 2 aromatic carbocycles. The summed E-state index contributed by atoms with van der Waals surface area (Å²) in [5, 5.41) is 6.82. The predicted octanol–water partition coefficient (Wildman–Crippen LogP) is 4.97. The van der Waals surface area contributed by atoms with Crippen molar-refractivity contribution in [2.45, 2.75) is 6.92 Å². The second-order valence-electron chi connectivity index (χ2n) is 8.18. The Hall–Kier alpha value is -3.78. The Morgan fingerprint density at radius 1 is 1.00 bits per heavy atom. The van der Waals surface area contributed by atoms with Crippen LogP contribution in [0.25, 0.3) is 16.3 Å². The van der Waals surface area contributed by atoms with E-state index in [0.29, 0.717) is 25.4 Å². The van der Waals surface area contributed by atoms with E-state index in [2.05, 4.69) is 11.0 Å². The molecule has 4 aromatic rings. The van der Waals surface area contributed by atoms with Crippen LogP contribution in [0.3, 0.4) is 0 Å². The Bertz CT molecular complexity index is 1280. The highest BCUT2D eigenvalue weighted by molar-refractivity contribution is 7.13. The third kappa shape index (κ3) is 4.74. The summed E-state index contributed by atoms with van der Waals surface area (Å²) in [5.41, 5.74) is 3.25. The summed E-state index contributed by atoms with van der Waals surface area (Å²) < 4.78 is 12.9. The maximum atomic E-state index is 13.7. The second kappa shape index (κ2) is 10.2. The molecule has 3 heterocycles. The highest BCUT2D eigenvalue weighted by Gasteiger charge is 2.27. The van der Waals surface area contributed by atoms with Gasteiger partial charge in [0, 0.05) is 26.2 Å². The van der Waals surface area contributed by atoms with Crippen molar-refractivity contribution in [3.63, 3.8) is 0 Å². The van der Waals surface area contributed by atoms with Crippen molar-refractivity contribution in [1.82, 2.24) is 14.7 Å². The molecule has 2 aromatic heterocycles. The first-order valence-electron chi connectivity index (χ1n) is 11.7. The van der Waals surface area contributed by atoms with Crippen LogP contribution < -0.4 is 14.4 Å². The maximum absolute atomic E-state index is 13.7. The van der Waals surface area contributed by atoms with E-state index in [1.165, 1.54) is 0 Å². The fraction of sp³-hybridized carbons (Fsp3) is 0.259. The van der Waals surface area contributed by atoms with E-state index < -0.39 is 0 Å². The number of ether oxygens (including phenoxy) is 2. The fourth-order valence-electron chi connectivity index (χ4n) is 4.31. The minimum atomic E-state index is -0.0196. The lowest BCUT2D eigenvalue weighted by Crippen LogP contribution is -2.49. The Labute approximate surface area is 209 Å². The molecule has 1 saturated heterocycles. The van der Waals surface area contributed by atoms with Crippen molar-refractivity contribution in [2.75, 3.05) is 44.8 Å². The average Bonchev–Trinajstić information content (AvgIpc) is 3.60. The number of methoxy groups -OCH3 is 1. The highest BCUT2D eigenvalue weighted by atomic mass is 32.1. The quantitative estimate of drug-likeness (QED) is 0.368. The van der Waals surface area contributed by atoms with Crippen molar-refractivity contribution in [1.29, 1.82) is 0 Å². The average molecular weight is 489 g/mol. The standard InChI is InChI=1S/C27H28N4O3S/c1-3-34-25-8-5-4-7-23(25)29-14-16-30(17-15-29)27(32)24-19-22(26-9-6-18-35-26)28-31(24)20-10-12-21(33-2)13-11-20/h4-13,18-19H,3,14-17H2,1-2H3. The molecule has 0 saturated carbocycles. The van der Waals surface area contributed by atoms with Crippen LogP contribution in [-0.2, 0) is 0 Å². The summed E-state index contributed by atoms with van der Waals surface area (Å²) >= 11 is 1.61. The lowest BCUT2D eigenvalue weighted by Gasteiger charge is -2.36. The van der Waals surface area contributed by atoms with E-state index in [4.69, 9.17) is 14.6 Å². The molecule has 0 bridgehead atoms. The molecular weight excluding hydrogens is 460 g/mol. The van der Waals surface area contributed by atoms with Gasteiger partial charge < -0.3 is 19.3 Å². The number of hydrogen-bond acceptors (Lipinski definition) is 6. The van der Waals surface area contributed by atoms with Gasteiger partial charge in [0.1, 0.15) is 22.9 Å². The van der Waals surface area contributed by atoms with Gasteiger partial charge in [-0.3, -0.25) is 4.79 Å². The van der Waals surface area contributed by atoms with Gasteiger partial charge in [0.2, 0.25) is 0 Å². The van der Waals surface area contributed by atoms with Crippen LogP contribution in [-0.4, -0.2) is 60.5 Å². The monoisotopic (exact) mass is 488 g/mol. The fourth-order valence-corrected chi connectivity index (χ4v) is 4.99. The number of carbonyl (C=O) groups is 1. The zero-order valence-electron chi connectivity index (χ0n) is 19.9. The number of thiophene rings is 1. The van der Waals surface area contributed by atoms with Crippen LogP contribution in [0.1, 0.15) is 17.4 Å². The molecule has 8 heteroatoms. The van der Waals surface area contributed by atoms with Crippen LogP contribution in [0.2, 0.25) is 0 Å². The van der Waals surface area contributed by atoms with E-state index in [1.54, 1.807) is 23.1 Å². The first-order chi connectivity index (χ1) is 17.2. The number of hydrogen-bond donors (Lipinski definition) is 0. The van der Waals surface area contributed by atoms with E-state index in [0.717, 1.165) is 46.5 Å². The Balaban J connectivity index is 1.39. The first kappa shape index (κ1) is 23.0. The topological polar surface area (TPSA) is 59.8 Å². The number of anilines is 1. The van der Waals surface area contributed by atoms with Crippen molar-refractivity contribution in [2.24, 2.45) is 0 Å². The van der Waals surface area contributed by atoms with Gasteiger partial charge in [0.15, 0.2) is 0 Å². The van der Waals surface area contributed by atoms with E-state index >= 15 is 0 Å². The lowest BCUT2D eigenvalue weighted by atomic mass is 10.2. The van der Waals surface area contributed by atoms with Crippen LogP contribution in [0.4, 0.5) is 5.69 Å². The molecular formula is C27H28N4O3S. The first-order valence-corrected chi connectivity index (χ1v) is 12.6. The number of rotatable bonds is 7. The maximum Gasteiger partial charge on any atom is 0.272 e. The Kier molecular flexibility index (Phi) is 6.72. The van der Waals surface area contributed by atoms with Gasteiger partial charge in [-0.25, -0.2) is 4.68 Å². The molecule has 1 fully saturated rings. The molecule has 0 aliphatic carbocycles. The van der Waals surface area contributed by atoms with Gasteiger partial charge in [-0.05, 0) is 60.8 Å². The van der Waals surface area contributed by atoms with Crippen molar-refractivity contribution >= 4 is 22.9 Å². The number of piperazine rings is 1. The molecule has 1 amide bonds. The predicted molar refractivity (Wildman–Crippen MR) is 139 cm³/mol. The summed E-state index contributed by atoms with van der Waals surface area (Å²) in [6.45, 7) is 5.35. The molecule has 0 N–H and O–H groups in total. The summed E-state index contributed by atoms with van der Waals surface area (Å²) in [6, 6.07) is 21.6. The summed E-state index contributed by atoms with van der Waals surface area (Å²) in [6.07, 6.45) is 0. The van der Waals surface area contributed by atoms with Gasteiger partial charge in [-0.2, -0.15) is 5.10 Å². The number of carbonyl (C=O) groups excluding carboxylic acids is 1. The van der Waals surface area contributed by atoms with Gasteiger partial charge in [-0.1, -0.05) is 18.2 Å². The molecule has 0 radical (unpaired) electrons. The number of nitrogens with zero attached hydrogens (tertiary/aromatic N) is 4. The normalized spacial score (nSPS) is 13.7. The molecule has 35 heavy (non-hydrogen) atoms. The summed E-state index contributed by atoms with van der Waals surface area (Å²) in [5.74, 6) is 1.62. The number of para-hydroxylation sites is 2. The third-order valence-corrected chi connectivity index (χ3v) is 6.98. The molecule has 0 unspecified atom stereocenters. The molecule has 180 valence electrons. The van der Waals surface area contributed by atoms with Crippen LogP contribution in [0.15, 0.2) is 72.1 Å². The van der Waals surface area contributed by atoms with Crippen LogP contribution in [0.5, 0.6) is 11.5 Å². The van der Waals surface area contributed by atoms with Crippen molar-refractivity contribution in [3.05, 3.63) is 77.8 Å².